The lowest BCUT2D eigenvalue weighted by molar-refractivity contribution is 0.0456. The molecule has 1 atom stereocenters. The summed E-state index contributed by atoms with van der Waals surface area (Å²) >= 11 is 0. The number of nitrogens with zero attached hydrogens (tertiary/aromatic N) is 1. The second-order valence-corrected chi connectivity index (χ2v) is 4.09. The zero-order valence-corrected chi connectivity index (χ0v) is 10.4. The highest BCUT2D eigenvalue weighted by Crippen LogP contribution is 2.35. The van der Waals surface area contributed by atoms with Gasteiger partial charge in [-0.1, -0.05) is 0 Å². The summed E-state index contributed by atoms with van der Waals surface area (Å²) in [6.45, 7) is 1.37. The fourth-order valence-electron chi connectivity index (χ4n) is 2.21. The molecule has 2 aromatic rings. The van der Waals surface area contributed by atoms with Crippen molar-refractivity contribution in [3.8, 4) is 0 Å². The lowest BCUT2D eigenvalue weighted by atomic mass is 10.1. The molecule has 2 rings (SSSR count). The van der Waals surface area contributed by atoms with Crippen molar-refractivity contribution in [2.75, 3.05) is 0 Å². The van der Waals surface area contributed by atoms with Gasteiger partial charge in [0.1, 0.15) is 11.6 Å². The van der Waals surface area contributed by atoms with Crippen LogP contribution in [0.25, 0.3) is 10.9 Å². The Kier molecular flexibility index (Phi) is 4.19. The molecule has 0 bridgehead atoms. The van der Waals surface area contributed by atoms with E-state index in [4.69, 9.17) is 0 Å². The number of aromatic nitrogens is 1. The maximum atomic E-state index is 13.6. The van der Waals surface area contributed by atoms with Crippen LogP contribution in [0.4, 0.5) is 22.0 Å². The Balaban J connectivity index is 0.00000180. The third-order valence-electron chi connectivity index (χ3n) is 3.00. The van der Waals surface area contributed by atoms with E-state index in [0.717, 1.165) is 10.6 Å². The maximum Gasteiger partial charge on any atom is 0.274 e. The highest BCUT2D eigenvalue weighted by molar-refractivity contribution is 5.86. The number of alkyl halides is 3. The monoisotopic (exact) mass is 280 g/mol. The lowest BCUT2D eigenvalue weighted by Crippen LogP contribution is -2.09. The molecule has 0 fully saturated rings. The minimum Gasteiger partial charge on any atom is -0.344 e. The molecule has 19 heavy (non-hydrogen) atoms. The Labute approximate surface area is 106 Å². The van der Waals surface area contributed by atoms with E-state index in [0.29, 0.717) is 6.07 Å². The average molecular weight is 280 g/mol. The molecular formula is C12H13F5N2. The van der Waals surface area contributed by atoms with E-state index in [1.54, 1.807) is 0 Å². The summed E-state index contributed by atoms with van der Waals surface area (Å²) in [7, 11) is 1.28. The number of halogens is 5. The van der Waals surface area contributed by atoms with E-state index >= 15 is 0 Å². The van der Waals surface area contributed by atoms with E-state index in [1.165, 1.54) is 14.0 Å². The molecule has 0 spiro atoms. The van der Waals surface area contributed by atoms with Crippen LogP contribution in [0, 0.1) is 18.6 Å². The van der Waals surface area contributed by atoms with Gasteiger partial charge in [-0.25, -0.2) is 22.0 Å². The highest BCUT2D eigenvalue weighted by atomic mass is 19.3. The van der Waals surface area contributed by atoms with Gasteiger partial charge in [-0.05, 0) is 18.6 Å². The molecule has 0 saturated carbocycles. The summed E-state index contributed by atoms with van der Waals surface area (Å²) < 4.78 is 66.0. The molecule has 1 aromatic carbocycles. The van der Waals surface area contributed by atoms with E-state index in [-0.39, 0.29) is 28.3 Å². The van der Waals surface area contributed by atoms with Gasteiger partial charge in [0.2, 0.25) is 6.17 Å². The van der Waals surface area contributed by atoms with Gasteiger partial charge in [-0.3, -0.25) is 0 Å². The smallest absolute Gasteiger partial charge is 0.274 e. The van der Waals surface area contributed by atoms with Crippen LogP contribution in [-0.4, -0.2) is 11.0 Å². The summed E-state index contributed by atoms with van der Waals surface area (Å²) in [6.07, 6.45) is -5.73. The molecule has 0 unspecified atom stereocenters. The van der Waals surface area contributed by atoms with Crippen molar-refractivity contribution < 1.29 is 22.0 Å². The highest BCUT2D eigenvalue weighted by Gasteiger charge is 2.29. The molecule has 7 heteroatoms. The lowest BCUT2D eigenvalue weighted by Gasteiger charge is -2.10. The molecule has 1 heterocycles. The third kappa shape index (κ3) is 2.30. The van der Waals surface area contributed by atoms with Crippen LogP contribution in [0.15, 0.2) is 12.1 Å². The number of hydrogen-bond acceptors (Lipinski definition) is 1. The van der Waals surface area contributed by atoms with Gasteiger partial charge in [0.25, 0.3) is 6.43 Å². The Bertz CT molecular complexity index is 606. The normalized spacial score (nSPS) is 12.8. The second-order valence-electron chi connectivity index (χ2n) is 4.09. The molecule has 2 nitrogen and oxygen atoms in total. The Morgan fingerprint density at radius 3 is 2.21 bits per heavy atom. The summed E-state index contributed by atoms with van der Waals surface area (Å²) in [5.41, 5.74) is -0.282. The van der Waals surface area contributed by atoms with Gasteiger partial charge in [0, 0.05) is 18.5 Å². The zero-order chi connectivity index (χ0) is 13.6. The van der Waals surface area contributed by atoms with E-state index in [1.807, 2.05) is 0 Å². The van der Waals surface area contributed by atoms with Gasteiger partial charge in [-0.15, -0.1) is 0 Å². The van der Waals surface area contributed by atoms with Crippen molar-refractivity contribution in [2.24, 2.45) is 7.05 Å². The minimum absolute atomic E-state index is 0. The SMILES string of the molecule is Cc1c([C@@H](F)C(F)F)n(C)c2c(F)cc(F)cc12.N. The molecule has 0 radical (unpaired) electrons. The van der Waals surface area contributed by atoms with Gasteiger partial charge in [0.05, 0.1) is 11.2 Å². The van der Waals surface area contributed by atoms with Gasteiger partial charge >= 0.3 is 0 Å². The molecule has 106 valence electrons. The molecule has 0 saturated heterocycles. The fraction of sp³-hybridized carbons (Fsp3) is 0.333. The van der Waals surface area contributed by atoms with E-state index < -0.39 is 24.2 Å². The summed E-state index contributed by atoms with van der Waals surface area (Å²) in [5, 5.41) is 0.105. The topological polar surface area (TPSA) is 39.9 Å². The maximum absolute atomic E-state index is 13.6. The van der Waals surface area contributed by atoms with Crippen molar-refractivity contribution in [3.63, 3.8) is 0 Å². The summed E-state index contributed by atoms with van der Waals surface area (Å²) in [6, 6.07) is 1.65. The molecule has 0 aliphatic rings. The largest absolute Gasteiger partial charge is 0.344 e. The summed E-state index contributed by atoms with van der Waals surface area (Å²) in [4.78, 5) is 0. The van der Waals surface area contributed by atoms with Gasteiger partial charge < -0.3 is 10.7 Å². The molecule has 1 aromatic heterocycles. The van der Waals surface area contributed by atoms with Crippen LogP contribution in [-0.2, 0) is 7.05 Å². The molecular weight excluding hydrogens is 267 g/mol. The molecule has 0 aliphatic heterocycles. The van der Waals surface area contributed by atoms with E-state index in [9.17, 15) is 22.0 Å². The Morgan fingerprint density at radius 1 is 1.11 bits per heavy atom. The van der Waals surface area contributed by atoms with Crippen LogP contribution in [0.1, 0.15) is 17.4 Å². The first-order chi connectivity index (χ1) is 8.34. The first-order valence-corrected chi connectivity index (χ1v) is 5.20. The molecule has 3 N–H and O–H groups in total. The number of fused-ring (bicyclic) bond motifs is 1. The molecule has 0 amide bonds. The number of benzene rings is 1. The van der Waals surface area contributed by atoms with Crippen molar-refractivity contribution in [2.45, 2.75) is 19.5 Å². The van der Waals surface area contributed by atoms with Crippen molar-refractivity contribution >= 4 is 10.9 Å². The zero-order valence-electron chi connectivity index (χ0n) is 10.4. The molecule has 0 aliphatic carbocycles. The second kappa shape index (κ2) is 5.16. The number of rotatable bonds is 2. The number of aryl methyl sites for hydroxylation is 2. The quantitative estimate of drug-likeness (QED) is 0.823. The number of hydrogen-bond donors (Lipinski definition) is 1. The van der Waals surface area contributed by atoms with Crippen molar-refractivity contribution in [1.82, 2.24) is 10.7 Å². The standard InChI is InChI=1S/C12H10F5N.H3N/c1-5-7-3-6(13)4-8(14)11(7)18(2)10(5)9(15)12(16)17;/h3-4,9,12H,1-2H3;1H3/t9-;/m1./s1. The predicted octanol–water partition coefficient (Wildman–Crippen LogP) is 4.20. The van der Waals surface area contributed by atoms with Crippen LogP contribution in [0.5, 0.6) is 0 Å². The van der Waals surface area contributed by atoms with Crippen LogP contribution in [0.3, 0.4) is 0 Å². The van der Waals surface area contributed by atoms with E-state index in [2.05, 4.69) is 0 Å². The third-order valence-corrected chi connectivity index (χ3v) is 3.00. The fourth-order valence-corrected chi connectivity index (χ4v) is 2.21. The minimum atomic E-state index is -3.21. The first kappa shape index (κ1) is 15.4. The van der Waals surface area contributed by atoms with Crippen LogP contribution < -0.4 is 6.15 Å². The van der Waals surface area contributed by atoms with Gasteiger partial charge in [0.15, 0.2) is 0 Å². The Morgan fingerprint density at radius 2 is 1.68 bits per heavy atom. The predicted molar refractivity (Wildman–Crippen MR) is 62.4 cm³/mol. The first-order valence-electron chi connectivity index (χ1n) is 5.20. The average Bonchev–Trinajstić information content (AvgIpc) is 2.50. The van der Waals surface area contributed by atoms with Crippen molar-refractivity contribution in [3.05, 3.63) is 35.0 Å². The van der Waals surface area contributed by atoms with Gasteiger partial charge in [-0.2, -0.15) is 0 Å². The van der Waals surface area contributed by atoms with Crippen molar-refractivity contribution in [1.29, 1.82) is 0 Å². The summed E-state index contributed by atoms with van der Waals surface area (Å²) in [5.74, 6) is -1.73. The van der Waals surface area contributed by atoms with Crippen LogP contribution >= 0.6 is 0 Å². The Hall–Kier alpha value is -1.63. The van der Waals surface area contributed by atoms with Crippen LogP contribution in [0.2, 0.25) is 0 Å².